The Morgan fingerprint density at radius 2 is 0.511 bits per heavy atom. The maximum absolute atomic E-state index is 13.1. The van der Waals surface area contributed by atoms with E-state index in [1.807, 2.05) is 0 Å². The Balaban J connectivity index is 5.26. The summed E-state index contributed by atoms with van der Waals surface area (Å²) in [6.07, 6.45) is 48.5. The van der Waals surface area contributed by atoms with Crippen LogP contribution in [0.1, 0.15) is 376 Å². The molecule has 19 heteroatoms. The summed E-state index contributed by atoms with van der Waals surface area (Å²) >= 11 is 0. The molecular formula is C75H146O17P2. The number of carbonyl (C=O) groups is 4. The number of ether oxygens (including phenoxy) is 4. The van der Waals surface area contributed by atoms with Crippen molar-refractivity contribution in [1.82, 2.24) is 0 Å². The lowest BCUT2D eigenvalue weighted by Crippen LogP contribution is -2.30. The summed E-state index contributed by atoms with van der Waals surface area (Å²) in [5, 5.41) is 10.6. The number of hydrogen-bond donors (Lipinski definition) is 3. The molecule has 94 heavy (non-hydrogen) atoms. The van der Waals surface area contributed by atoms with Crippen molar-refractivity contribution in [2.45, 2.75) is 395 Å². The van der Waals surface area contributed by atoms with Crippen LogP contribution < -0.4 is 0 Å². The van der Waals surface area contributed by atoms with E-state index in [4.69, 9.17) is 37.0 Å². The molecule has 0 radical (unpaired) electrons. The molecule has 558 valence electrons. The van der Waals surface area contributed by atoms with Gasteiger partial charge in [0.05, 0.1) is 26.4 Å². The van der Waals surface area contributed by atoms with Crippen molar-refractivity contribution in [2.75, 3.05) is 39.6 Å². The largest absolute Gasteiger partial charge is 0.472 e. The molecule has 0 fully saturated rings. The number of phosphoric ester groups is 2. The Morgan fingerprint density at radius 3 is 0.755 bits per heavy atom. The summed E-state index contributed by atoms with van der Waals surface area (Å²) in [6, 6.07) is 0. The third kappa shape index (κ3) is 67.3. The van der Waals surface area contributed by atoms with Crippen molar-refractivity contribution in [2.24, 2.45) is 23.7 Å². The molecular weight excluding hydrogens is 1230 g/mol. The fourth-order valence-electron chi connectivity index (χ4n) is 11.3. The highest BCUT2D eigenvalue weighted by Crippen LogP contribution is 2.45. The third-order valence-electron chi connectivity index (χ3n) is 17.7. The molecule has 0 aromatic carbocycles. The Kier molecular flexibility index (Phi) is 63.1. The van der Waals surface area contributed by atoms with Crippen molar-refractivity contribution in [1.29, 1.82) is 0 Å². The van der Waals surface area contributed by atoms with Gasteiger partial charge in [-0.25, -0.2) is 9.13 Å². The van der Waals surface area contributed by atoms with Crippen LogP contribution in [0, 0.1) is 23.7 Å². The van der Waals surface area contributed by atoms with Gasteiger partial charge in [0.15, 0.2) is 12.2 Å². The molecule has 0 amide bonds. The second-order valence-corrected chi connectivity index (χ2v) is 31.6. The SMILES string of the molecule is CCC(C)CCCCCCCCCCCCC(=O)OC[C@H](COP(=O)(O)OCC(O)COP(=O)(O)OC[C@@H](COC(=O)CCCCCCCCCC(C)C)OC(=O)CCCCCCCCCCCCCCC(C)C)OC(=O)CCCCCCCCCCCCCCC(C)C. The molecule has 0 rings (SSSR count). The number of unbranched alkanes of at least 4 members (excludes halogenated alkanes) is 37. The third-order valence-corrected chi connectivity index (χ3v) is 19.6. The van der Waals surface area contributed by atoms with Gasteiger partial charge in [0, 0.05) is 25.7 Å². The first-order valence-electron chi connectivity index (χ1n) is 38.7. The molecule has 0 aliphatic carbocycles. The van der Waals surface area contributed by atoms with Gasteiger partial charge in [0.2, 0.25) is 0 Å². The minimum atomic E-state index is -4.96. The van der Waals surface area contributed by atoms with Crippen LogP contribution in [-0.4, -0.2) is 96.7 Å². The average molecular weight is 1380 g/mol. The fourth-order valence-corrected chi connectivity index (χ4v) is 12.9. The molecule has 0 aliphatic heterocycles. The molecule has 0 aromatic rings. The minimum Gasteiger partial charge on any atom is -0.462 e. The summed E-state index contributed by atoms with van der Waals surface area (Å²) in [6.45, 7) is 14.2. The Hall–Kier alpha value is -1.94. The van der Waals surface area contributed by atoms with E-state index >= 15 is 0 Å². The van der Waals surface area contributed by atoms with Crippen LogP contribution in [0.2, 0.25) is 0 Å². The molecule has 0 aliphatic rings. The molecule has 0 saturated heterocycles. The lowest BCUT2D eigenvalue weighted by molar-refractivity contribution is -0.161. The predicted octanol–water partition coefficient (Wildman–Crippen LogP) is 21.7. The number of carbonyl (C=O) groups excluding carboxylic acids is 4. The van der Waals surface area contributed by atoms with E-state index < -0.39 is 97.5 Å². The number of phosphoric acid groups is 2. The Morgan fingerprint density at radius 1 is 0.298 bits per heavy atom. The van der Waals surface area contributed by atoms with Gasteiger partial charge >= 0.3 is 39.5 Å². The van der Waals surface area contributed by atoms with E-state index in [1.54, 1.807) is 0 Å². The molecule has 4 unspecified atom stereocenters. The van der Waals surface area contributed by atoms with Crippen LogP contribution in [0.25, 0.3) is 0 Å². The van der Waals surface area contributed by atoms with Gasteiger partial charge in [0.1, 0.15) is 19.3 Å². The molecule has 17 nitrogen and oxygen atoms in total. The van der Waals surface area contributed by atoms with Crippen molar-refractivity contribution in [3.63, 3.8) is 0 Å². The van der Waals surface area contributed by atoms with Crippen molar-refractivity contribution < 1.29 is 80.2 Å². The zero-order valence-electron chi connectivity index (χ0n) is 61.6. The van der Waals surface area contributed by atoms with Gasteiger partial charge < -0.3 is 33.8 Å². The van der Waals surface area contributed by atoms with E-state index in [1.165, 1.54) is 173 Å². The zero-order valence-corrected chi connectivity index (χ0v) is 63.4. The first kappa shape index (κ1) is 92.1. The standard InChI is InChI=1S/C75H146O17P2/c1-9-68(8)54-46-38-30-22-18-19-23-31-39-47-55-72(77)85-61-70(91-74(79)57-49-41-32-24-16-12-10-14-20-27-35-43-51-65(2)3)63-89-93(81,82)87-59-69(76)60-88-94(83,84)90-64-71(62-86-73(78)56-48-40-34-26-29-37-45-53-67(6)7)92-75(80)58-50-42-33-25-17-13-11-15-21-28-36-44-52-66(4)5/h65-71,76H,9-64H2,1-8H3,(H,81,82)(H,83,84)/t68?,69?,70-,71-/m1/s1. The maximum atomic E-state index is 13.1. The van der Waals surface area contributed by atoms with E-state index in [0.717, 1.165) is 114 Å². The summed E-state index contributed by atoms with van der Waals surface area (Å²) in [4.78, 5) is 72.8. The summed E-state index contributed by atoms with van der Waals surface area (Å²) in [5.41, 5.74) is 0. The lowest BCUT2D eigenvalue weighted by Gasteiger charge is -2.21. The second kappa shape index (κ2) is 64.4. The number of aliphatic hydroxyl groups excluding tert-OH is 1. The quantitative estimate of drug-likeness (QED) is 0.0222. The van der Waals surface area contributed by atoms with E-state index in [0.29, 0.717) is 31.6 Å². The van der Waals surface area contributed by atoms with E-state index in [2.05, 4.69) is 55.4 Å². The average Bonchev–Trinajstić information content (AvgIpc) is 1.17. The number of rotatable bonds is 72. The van der Waals surface area contributed by atoms with Gasteiger partial charge in [-0.1, -0.05) is 325 Å². The van der Waals surface area contributed by atoms with E-state index in [-0.39, 0.29) is 25.7 Å². The predicted molar refractivity (Wildman–Crippen MR) is 381 cm³/mol. The molecule has 0 aromatic heterocycles. The summed E-state index contributed by atoms with van der Waals surface area (Å²) in [5.74, 6) is 0.946. The van der Waals surface area contributed by atoms with Gasteiger partial charge in [-0.15, -0.1) is 0 Å². The second-order valence-electron chi connectivity index (χ2n) is 28.7. The first-order chi connectivity index (χ1) is 45.1. The summed E-state index contributed by atoms with van der Waals surface area (Å²) < 4.78 is 68.5. The van der Waals surface area contributed by atoms with Crippen molar-refractivity contribution in [3.05, 3.63) is 0 Å². The minimum absolute atomic E-state index is 0.106. The molecule has 0 spiro atoms. The van der Waals surface area contributed by atoms with Gasteiger partial charge in [-0.3, -0.25) is 37.3 Å². The highest BCUT2D eigenvalue weighted by Gasteiger charge is 2.30. The van der Waals surface area contributed by atoms with Crippen LogP contribution >= 0.6 is 15.6 Å². The smallest absolute Gasteiger partial charge is 0.462 e. The number of aliphatic hydroxyl groups is 1. The Bertz CT molecular complexity index is 1850. The highest BCUT2D eigenvalue weighted by molar-refractivity contribution is 7.47. The topological polar surface area (TPSA) is 237 Å². The van der Waals surface area contributed by atoms with Crippen LogP contribution in [0.15, 0.2) is 0 Å². The molecule has 0 heterocycles. The normalized spacial score (nSPS) is 14.4. The summed E-state index contributed by atoms with van der Waals surface area (Å²) in [7, 11) is -9.91. The van der Waals surface area contributed by atoms with Crippen molar-refractivity contribution in [3.8, 4) is 0 Å². The molecule has 0 saturated carbocycles. The molecule has 6 atom stereocenters. The van der Waals surface area contributed by atoms with Gasteiger partial charge in [-0.05, 0) is 49.4 Å². The number of esters is 4. The van der Waals surface area contributed by atoms with Crippen LogP contribution in [0.5, 0.6) is 0 Å². The Labute approximate surface area is 575 Å². The molecule has 0 bridgehead atoms. The highest BCUT2D eigenvalue weighted by atomic mass is 31.2. The van der Waals surface area contributed by atoms with E-state index in [9.17, 15) is 43.2 Å². The fraction of sp³-hybridized carbons (Fsp3) is 0.947. The zero-order chi connectivity index (χ0) is 69.6. The van der Waals surface area contributed by atoms with Crippen LogP contribution in [0.3, 0.4) is 0 Å². The molecule has 3 N–H and O–H groups in total. The van der Waals surface area contributed by atoms with Gasteiger partial charge in [-0.2, -0.15) is 0 Å². The van der Waals surface area contributed by atoms with Gasteiger partial charge in [0.25, 0.3) is 0 Å². The first-order valence-corrected chi connectivity index (χ1v) is 41.7. The monoisotopic (exact) mass is 1380 g/mol. The maximum Gasteiger partial charge on any atom is 0.472 e. The number of hydrogen-bond acceptors (Lipinski definition) is 15. The van der Waals surface area contributed by atoms with Crippen LogP contribution in [-0.2, 0) is 65.4 Å². The lowest BCUT2D eigenvalue weighted by atomic mass is 9.99. The van der Waals surface area contributed by atoms with Crippen LogP contribution in [0.4, 0.5) is 0 Å². The van der Waals surface area contributed by atoms with Crippen molar-refractivity contribution >= 4 is 39.5 Å².